The number of ether oxygens (including phenoxy) is 1. The summed E-state index contributed by atoms with van der Waals surface area (Å²) in [5.41, 5.74) is 6.05. The van der Waals surface area contributed by atoms with Crippen LogP contribution < -0.4 is 15.8 Å². The molecule has 8 heteroatoms. The van der Waals surface area contributed by atoms with Gasteiger partial charge < -0.3 is 26.0 Å². The largest absolute Gasteiger partial charge is 0.493 e. The number of nitrogens with one attached hydrogen (secondary N) is 1. The molecule has 5 N–H and O–H groups in total. The maximum Gasteiger partial charge on any atom is 0.254 e. The van der Waals surface area contributed by atoms with Gasteiger partial charge in [0.1, 0.15) is 17.1 Å². The maximum absolute atomic E-state index is 14.0. The SMILES string of the molecule is NC(=O)c1c(Nc2ccc(I)cc2F)cccc1OCC[C@@H](O)CO. The van der Waals surface area contributed by atoms with Gasteiger partial charge in [-0.2, -0.15) is 0 Å². The summed E-state index contributed by atoms with van der Waals surface area (Å²) in [5.74, 6) is -0.972. The second-order valence-electron chi connectivity index (χ2n) is 5.27. The lowest BCUT2D eigenvalue weighted by Gasteiger charge is -2.16. The second kappa shape index (κ2) is 8.97. The number of carbonyl (C=O) groups excluding carboxylic acids is 1. The van der Waals surface area contributed by atoms with Gasteiger partial charge in [0.05, 0.1) is 30.7 Å². The molecule has 2 rings (SSSR count). The smallest absolute Gasteiger partial charge is 0.254 e. The molecule has 0 spiro atoms. The Kier molecular flexibility index (Phi) is 6.97. The van der Waals surface area contributed by atoms with Crippen LogP contribution in [0.2, 0.25) is 0 Å². The van der Waals surface area contributed by atoms with Crippen molar-refractivity contribution in [2.24, 2.45) is 5.73 Å². The summed E-state index contributed by atoms with van der Waals surface area (Å²) < 4.78 is 20.3. The molecular formula is C17H18FIN2O4. The molecule has 0 unspecified atom stereocenters. The molecule has 1 amide bonds. The summed E-state index contributed by atoms with van der Waals surface area (Å²) in [6, 6.07) is 9.44. The quantitative estimate of drug-likeness (QED) is 0.453. The Hall–Kier alpha value is -1.91. The summed E-state index contributed by atoms with van der Waals surface area (Å²) >= 11 is 2.00. The van der Waals surface area contributed by atoms with Crippen LogP contribution in [0.4, 0.5) is 15.8 Å². The van der Waals surface area contributed by atoms with E-state index in [1.165, 1.54) is 6.07 Å². The summed E-state index contributed by atoms with van der Waals surface area (Å²) in [6.07, 6.45) is -0.711. The zero-order chi connectivity index (χ0) is 18.4. The van der Waals surface area contributed by atoms with Crippen molar-refractivity contribution in [3.05, 3.63) is 51.3 Å². The summed E-state index contributed by atoms with van der Waals surface area (Å²) in [7, 11) is 0. The molecule has 0 fully saturated rings. The average Bonchev–Trinajstić information content (AvgIpc) is 2.57. The molecule has 0 aliphatic rings. The number of primary amides is 1. The van der Waals surface area contributed by atoms with Crippen molar-refractivity contribution in [3.63, 3.8) is 0 Å². The predicted octanol–water partition coefficient (Wildman–Crippen LogP) is 2.39. The average molecular weight is 460 g/mol. The Bertz CT molecular complexity index is 757. The first-order valence-electron chi connectivity index (χ1n) is 7.49. The minimum absolute atomic E-state index is 0.0824. The number of anilines is 2. The minimum Gasteiger partial charge on any atom is -0.493 e. The topological polar surface area (TPSA) is 105 Å². The Morgan fingerprint density at radius 3 is 2.72 bits per heavy atom. The van der Waals surface area contributed by atoms with Crippen LogP contribution in [0, 0.1) is 9.39 Å². The lowest BCUT2D eigenvalue weighted by molar-refractivity contribution is 0.0751. The van der Waals surface area contributed by atoms with Gasteiger partial charge in [-0.05, 0) is 52.9 Å². The van der Waals surface area contributed by atoms with Crippen molar-refractivity contribution in [3.8, 4) is 5.75 Å². The van der Waals surface area contributed by atoms with Crippen molar-refractivity contribution < 1.29 is 24.1 Å². The lowest BCUT2D eigenvalue weighted by Crippen LogP contribution is -2.18. The summed E-state index contributed by atoms with van der Waals surface area (Å²) in [5, 5.41) is 21.0. The fourth-order valence-electron chi connectivity index (χ4n) is 2.14. The van der Waals surface area contributed by atoms with Crippen LogP contribution >= 0.6 is 22.6 Å². The summed E-state index contributed by atoms with van der Waals surface area (Å²) in [4.78, 5) is 11.8. The molecule has 134 valence electrons. The van der Waals surface area contributed by atoms with Crippen molar-refractivity contribution in [2.45, 2.75) is 12.5 Å². The molecule has 0 aromatic heterocycles. The molecular weight excluding hydrogens is 442 g/mol. The molecule has 0 aliphatic carbocycles. The van der Waals surface area contributed by atoms with Crippen LogP contribution in [0.15, 0.2) is 36.4 Å². The monoisotopic (exact) mass is 460 g/mol. The van der Waals surface area contributed by atoms with Crippen molar-refractivity contribution in [1.29, 1.82) is 0 Å². The van der Waals surface area contributed by atoms with Crippen LogP contribution in [-0.2, 0) is 0 Å². The molecule has 25 heavy (non-hydrogen) atoms. The van der Waals surface area contributed by atoms with Gasteiger partial charge in [-0.1, -0.05) is 6.07 Å². The lowest BCUT2D eigenvalue weighted by atomic mass is 10.1. The number of rotatable bonds is 8. The Morgan fingerprint density at radius 1 is 1.32 bits per heavy atom. The fourth-order valence-corrected chi connectivity index (χ4v) is 2.60. The van der Waals surface area contributed by atoms with Crippen molar-refractivity contribution in [1.82, 2.24) is 0 Å². The molecule has 0 heterocycles. The minimum atomic E-state index is -0.903. The number of amides is 1. The second-order valence-corrected chi connectivity index (χ2v) is 6.51. The van der Waals surface area contributed by atoms with E-state index in [2.05, 4.69) is 5.32 Å². The van der Waals surface area contributed by atoms with E-state index in [0.29, 0.717) is 5.69 Å². The van der Waals surface area contributed by atoms with Crippen molar-refractivity contribution in [2.75, 3.05) is 18.5 Å². The molecule has 0 radical (unpaired) electrons. The van der Waals surface area contributed by atoms with E-state index in [1.54, 1.807) is 30.3 Å². The molecule has 2 aromatic carbocycles. The first-order valence-corrected chi connectivity index (χ1v) is 8.57. The molecule has 6 nitrogen and oxygen atoms in total. The normalized spacial score (nSPS) is 11.8. The number of carbonyl (C=O) groups is 1. The zero-order valence-electron chi connectivity index (χ0n) is 13.2. The van der Waals surface area contributed by atoms with E-state index in [0.717, 1.165) is 3.57 Å². The number of aliphatic hydroxyl groups excluding tert-OH is 2. The third kappa shape index (κ3) is 5.28. The first-order chi connectivity index (χ1) is 11.9. The third-order valence-corrected chi connectivity index (χ3v) is 4.06. The highest BCUT2D eigenvalue weighted by Gasteiger charge is 2.17. The number of halogens is 2. The van der Waals surface area contributed by atoms with Crippen LogP contribution in [-0.4, -0.2) is 35.4 Å². The van der Waals surface area contributed by atoms with E-state index >= 15 is 0 Å². The van der Waals surface area contributed by atoms with Gasteiger partial charge in [-0.25, -0.2) is 4.39 Å². The van der Waals surface area contributed by atoms with E-state index in [9.17, 15) is 14.3 Å². The number of benzene rings is 2. The Labute approximate surface area is 157 Å². The molecule has 0 bridgehead atoms. The van der Waals surface area contributed by atoms with Crippen LogP contribution in [0.5, 0.6) is 5.75 Å². The molecule has 2 aromatic rings. The van der Waals surface area contributed by atoms with E-state index in [1.807, 2.05) is 22.6 Å². The van der Waals surface area contributed by atoms with Gasteiger partial charge in [-0.3, -0.25) is 4.79 Å². The van der Waals surface area contributed by atoms with E-state index in [4.69, 9.17) is 15.6 Å². The van der Waals surface area contributed by atoms with Gasteiger partial charge in [-0.15, -0.1) is 0 Å². The predicted molar refractivity (Wildman–Crippen MR) is 101 cm³/mol. The Balaban J connectivity index is 2.25. The summed E-state index contributed by atoms with van der Waals surface area (Å²) in [6.45, 7) is -0.289. The first kappa shape index (κ1) is 19.4. The van der Waals surface area contributed by atoms with Crippen molar-refractivity contribution >= 4 is 39.9 Å². The zero-order valence-corrected chi connectivity index (χ0v) is 15.4. The number of aliphatic hydroxyl groups is 2. The number of nitrogens with two attached hydrogens (primary N) is 1. The fraction of sp³-hybridized carbons (Fsp3) is 0.235. The van der Waals surface area contributed by atoms with Gasteiger partial charge in [0.25, 0.3) is 5.91 Å². The highest BCUT2D eigenvalue weighted by Crippen LogP contribution is 2.30. The van der Waals surface area contributed by atoms with Gasteiger partial charge in [0.2, 0.25) is 0 Å². The number of hydrogen-bond acceptors (Lipinski definition) is 5. The van der Waals surface area contributed by atoms with Gasteiger partial charge in [0.15, 0.2) is 0 Å². The highest BCUT2D eigenvalue weighted by molar-refractivity contribution is 14.1. The van der Waals surface area contributed by atoms with E-state index in [-0.39, 0.29) is 36.6 Å². The van der Waals surface area contributed by atoms with Crippen LogP contribution in [0.25, 0.3) is 0 Å². The van der Waals surface area contributed by atoms with Crippen LogP contribution in [0.1, 0.15) is 16.8 Å². The van der Waals surface area contributed by atoms with E-state index < -0.39 is 17.8 Å². The van der Waals surface area contributed by atoms with Gasteiger partial charge >= 0.3 is 0 Å². The molecule has 0 saturated heterocycles. The maximum atomic E-state index is 14.0. The highest BCUT2D eigenvalue weighted by atomic mass is 127. The third-order valence-electron chi connectivity index (χ3n) is 3.39. The molecule has 0 saturated carbocycles. The van der Waals surface area contributed by atoms with Gasteiger partial charge in [0, 0.05) is 9.99 Å². The molecule has 1 atom stereocenters. The molecule has 0 aliphatic heterocycles. The number of hydrogen-bond donors (Lipinski definition) is 4. The standard InChI is InChI=1S/C17H18FIN2O4/c18-12-8-10(19)4-5-13(12)21-14-2-1-3-15(16(14)17(20)24)25-7-6-11(23)9-22/h1-5,8,11,21-23H,6-7,9H2,(H2,20,24)/t11-/m1/s1. The Morgan fingerprint density at radius 2 is 2.08 bits per heavy atom. The van der Waals surface area contributed by atoms with Crippen LogP contribution in [0.3, 0.4) is 0 Å².